The molecule has 0 bridgehead atoms. The van der Waals surface area contributed by atoms with Crippen LogP contribution in [0.4, 0.5) is 5.69 Å². The second-order valence-corrected chi connectivity index (χ2v) is 7.57. The molecule has 2 heterocycles. The van der Waals surface area contributed by atoms with Gasteiger partial charge in [-0.1, -0.05) is 6.07 Å². The maximum absolute atomic E-state index is 12.8. The first-order chi connectivity index (χ1) is 11.9. The SMILES string of the molecule is Cc1ccc([N+](=O)[O-])cc1S(=O)(=O)N1CCC(Oc2cccnn2)C1. The van der Waals surface area contributed by atoms with Crippen LogP contribution >= 0.6 is 0 Å². The van der Waals surface area contributed by atoms with Crippen molar-refractivity contribution in [3.05, 3.63) is 52.2 Å². The standard InChI is InChI=1S/C15H16N4O5S/c1-11-4-5-12(19(20)21)9-14(11)25(22,23)18-8-6-13(10-18)24-15-3-2-7-16-17-15/h2-5,7,9,13H,6,8,10H2,1H3. The second-order valence-electron chi connectivity index (χ2n) is 5.66. The van der Waals surface area contributed by atoms with Gasteiger partial charge in [-0.05, 0) is 25.0 Å². The smallest absolute Gasteiger partial charge is 0.270 e. The Bertz CT molecular complexity index is 888. The highest BCUT2D eigenvalue weighted by atomic mass is 32.2. The van der Waals surface area contributed by atoms with Crippen molar-refractivity contribution in [1.29, 1.82) is 0 Å². The Balaban J connectivity index is 1.80. The third-order valence-corrected chi connectivity index (χ3v) is 5.95. The molecular formula is C15H16N4O5S. The molecule has 0 spiro atoms. The first kappa shape index (κ1) is 17.2. The molecule has 9 nitrogen and oxygen atoms in total. The quantitative estimate of drug-likeness (QED) is 0.583. The van der Waals surface area contributed by atoms with Crippen LogP contribution in [0.15, 0.2) is 41.4 Å². The number of hydrogen-bond acceptors (Lipinski definition) is 7. The second kappa shape index (κ2) is 6.73. The van der Waals surface area contributed by atoms with E-state index in [2.05, 4.69) is 10.2 Å². The van der Waals surface area contributed by atoms with Gasteiger partial charge in [0.2, 0.25) is 15.9 Å². The summed E-state index contributed by atoms with van der Waals surface area (Å²) in [5.41, 5.74) is 0.208. The van der Waals surface area contributed by atoms with Crippen molar-refractivity contribution < 1.29 is 18.1 Å². The van der Waals surface area contributed by atoms with Gasteiger partial charge in [-0.2, -0.15) is 9.40 Å². The van der Waals surface area contributed by atoms with E-state index in [4.69, 9.17) is 4.74 Å². The fourth-order valence-corrected chi connectivity index (χ4v) is 4.38. The number of benzene rings is 1. The molecule has 0 amide bonds. The number of nitro groups is 1. The van der Waals surface area contributed by atoms with Crippen molar-refractivity contribution in [3.8, 4) is 5.88 Å². The van der Waals surface area contributed by atoms with Gasteiger partial charge in [0.05, 0.1) is 16.4 Å². The average molecular weight is 364 g/mol. The molecule has 0 aliphatic carbocycles. The Morgan fingerprint density at radius 3 is 2.84 bits per heavy atom. The molecule has 1 aliphatic rings. The molecule has 3 rings (SSSR count). The maximum atomic E-state index is 12.8. The number of rotatable bonds is 5. The molecule has 1 fully saturated rings. The summed E-state index contributed by atoms with van der Waals surface area (Å²) in [5, 5.41) is 18.5. The maximum Gasteiger partial charge on any atom is 0.270 e. The first-order valence-corrected chi connectivity index (χ1v) is 9.01. The highest BCUT2D eigenvalue weighted by Gasteiger charge is 2.35. The fourth-order valence-electron chi connectivity index (χ4n) is 2.65. The molecule has 1 atom stereocenters. The van der Waals surface area contributed by atoms with Crippen LogP contribution in [0.25, 0.3) is 0 Å². The van der Waals surface area contributed by atoms with Crippen molar-refractivity contribution in [2.75, 3.05) is 13.1 Å². The van der Waals surface area contributed by atoms with E-state index in [0.717, 1.165) is 6.07 Å². The highest BCUT2D eigenvalue weighted by Crippen LogP contribution is 2.28. The largest absolute Gasteiger partial charge is 0.472 e. The Morgan fingerprint density at radius 2 is 2.16 bits per heavy atom. The van der Waals surface area contributed by atoms with E-state index in [-0.39, 0.29) is 29.8 Å². The van der Waals surface area contributed by atoms with Gasteiger partial charge in [0, 0.05) is 30.9 Å². The van der Waals surface area contributed by atoms with E-state index in [1.807, 2.05) is 0 Å². The van der Waals surface area contributed by atoms with Gasteiger partial charge in [0.25, 0.3) is 5.69 Å². The number of non-ortho nitro benzene ring substituents is 1. The zero-order valence-electron chi connectivity index (χ0n) is 13.4. The lowest BCUT2D eigenvalue weighted by Gasteiger charge is -2.18. The molecule has 0 N–H and O–H groups in total. The van der Waals surface area contributed by atoms with Gasteiger partial charge in [0.15, 0.2) is 0 Å². The summed E-state index contributed by atoms with van der Waals surface area (Å²) in [4.78, 5) is 10.3. The summed E-state index contributed by atoms with van der Waals surface area (Å²) < 4.78 is 32.6. The fraction of sp³-hybridized carbons (Fsp3) is 0.333. The lowest BCUT2D eigenvalue weighted by Crippen LogP contribution is -2.31. The van der Waals surface area contributed by atoms with Gasteiger partial charge < -0.3 is 4.74 Å². The molecule has 1 aromatic heterocycles. The van der Waals surface area contributed by atoms with E-state index in [1.54, 1.807) is 19.1 Å². The van der Waals surface area contributed by atoms with Gasteiger partial charge in [-0.3, -0.25) is 10.1 Å². The number of nitrogens with zero attached hydrogens (tertiary/aromatic N) is 4. The minimum atomic E-state index is -3.84. The van der Waals surface area contributed by atoms with Crippen molar-refractivity contribution in [3.63, 3.8) is 0 Å². The topological polar surface area (TPSA) is 116 Å². The summed E-state index contributed by atoms with van der Waals surface area (Å²) in [6, 6.07) is 7.15. The minimum absolute atomic E-state index is 0.0538. The normalized spacial score (nSPS) is 18.2. The van der Waals surface area contributed by atoms with Crippen LogP contribution < -0.4 is 4.74 Å². The van der Waals surface area contributed by atoms with E-state index in [1.165, 1.54) is 22.6 Å². The predicted octanol–water partition coefficient (Wildman–Crippen LogP) is 1.54. The number of ether oxygens (including phenoxy) is 1. The number of aromatic nitrogens is 2. The van der Waals surface area contributed by atoms with Crippen LogP contribution in [-0.4, -0.2) is 47.0 Å². The van der Waals surface area contributed by atoms with Gasteiger partial charge in [-0.25, -0.2) is 8.42 Å². The molecule has 1 unspecified atom stereocenters. The lowest BCUT2D eigenvalue weighted by atomic mass is 10.2. The Hall–Kier alpha value is -2.59. The molecule has 25 heavy (non-hydrogen) atoms. The first-order valence-electron chi connectivity index (χ1n) is 7.57. The van der Waals surface area contributed by atoms with E-state index < -0.39 is 14.9 Å². The number of sulfonamides is 1. The molecule has 0 saturated carbocycles. The van der Waals surface area contributed by atoms with Gasteiger partial charge in [0.1, 0.15) is 6.10 Å². The van der Waals surface area contributed by atoms with E-state index in [9.17, 15) is 18.5 Å². The average Bonchev–Trinajstić information content (AvgIpc) is 3.05. The van der Waals surface area contributed by atoms with Gasteiger partial charge in [-0.15, -0.1) is 5.10 Å². The third kappa shape index (κ3) is 3.59. The Kier molecular flexibility index (Phi) is 4.64. The van der Waals surface area contributed by atoms with E-state index >= 15 is 0 Å². The third-order valence-electron chi connectivity index (χ3n) is 3.94. The van der Waals surface area contributed by atoms with Crippen LogP contribution in [0.1, 0.15) is 12.0 Å². The molecule has 1 aromatic carbocycles. The summed E-state index contributed by atoms with van der Waals surface area (Å²) >= 11 is 0. The molecular weight excluding hydrogens is 348 g/mol. The molecule has 0 radical (unpaired) electrons. The predicted molar refractivity (Wildman–Crippen MR) is 87.7 cm³/mol. The minimum Gasteiger partial charge on any atom is -0.472 e. The zero-order chi connectivity index (χ0) is 18.0. The van der Waals surface area contributed by atoms with Crippen LogP contribution in [0.3, 0.4) is 0 Å². The molecule has 1 saturated heterocycles. The molecule has 132 valence electrons. The van der Waals surface area contributed by atoms with Crippen LogP contribution in [0, 0.1) is 17.0 Å². The van der Waals surface area contributed by atoms with Crippen LogP contribution in [-0.2, 0) is 10.0 Å². The molecule has 10 heteroatoms. The van der Waals surface area contributed by atoms with Crippen molar-refractivity contribution in [1.82, 2.24) is 14.5 Å². The summed E-state index contributed by atoms with van der Waals surface area (Å²) in [5.74, 6) is 0.332. The van der Waals surface area contributed by atoms with Gasteiger partial charge >= 0.3 is 0 Å². The lowest BCUT2D eigenvalue weighted by molar-refractivity contribution is -0.385. The Morgan fingerprint density at radius 1 is 1.36 bits per heavy atom. The summed E-state index contributed by atoms with van der Waals surface area (Å²) in [6.45, 7) is 2.04. The van der Waals surface area contributed by atoms with Crippen molar-refractivity contribution in [2.24, 2.45) is 0 Å². The zero-order valence-corrected chi connectivity index (χ0v) is 14.2. The molecule has 2 aromatic rings. The van der Waals surface area contributed by atoms with E-state index in [0.29, 0.717) is 17.9 Å². The summed E-state index contributed by atoms with van der Waals surface area (Å²) in [7, 11) is -3.84. The van der Waals surface area contributed by atoms with Crippen LogP contribution in [0.2, 0.25) is 0 Å². The number of hydrogen-bond donors (Lipinski definition) is 0. The monoisotopic (exact) mass is 364 g/mol. The number of nitro benzene ring substituents is 1. The van der Waals surface area contributed by atoms with Crippen molar-refractivity contribution in [2.45, 2.75) is 24.3 Å². The Labute approximate surface area is 144 Å². The number of aryl methyl sites for hydroxylation is 1. The van der Waals surface area contributed by atoms with Crippen LogP contribution in [0.5, 0.6) is 5.88 Å². The molecule has 1 aliphatic heterocycles. The highest BCUT2D eigenvalue weighted by molar-refractivity contribution is 7.89. The summed E-state index contributed by atoms with van der Waals surface area (Å²) in [6.07, 6.45) is 1.68. The van der Waals surface area contributed by atoms with Crippen molar-refractivity contribution >= 4 is 15.7 Å².